The first-order chi connectivity index (χ1) is 7.93. The van der Waals surface area contributed by atoms with Gasteiger partial charge in [-0.3, -0.25) is 19.9 Å². The van der Waals surface area contributed by atoms with Gasteiger partial charge in [0.25, 0.3) is 5.91 Å². The van der Waals surface area contributed by atoms with Crippen LogP contribution in [0.25, 0.3) is 0 Å². The van der Waals surface area contributed by atoms with Crippen LogP contribution >= 0.6 is 12.2 Å². The minimum atomic E-state index is -0.203. The standard InChI is InChI=1S/C10H17N5OS/c1-4-14(10(11)17)13-9(16)6-15-8(3)5-7(2)12-15/h5H,4,6H2,1-3H3,(H2,11,17)(H,13,16). The second kappa shape index (κ2) is 5.62. The molecular formula is C10H17N5OS. The maximum Gasteiger partial charge on any atom is 0.260 e. The highest BCUT2D eigenvalue weighted by Crippen LogP contribution is 2.01. The Labute approximate surface area is 106 Å². The Hall–Kier alpha value is -1.63. The Morgan fingerprint density at radius 1 is 1.65 bits per heavy atom. The fraction of sp³-hybridized carbons (Fsp3) is 0.500. The summed E-state index contributed by atoms with van der Waals surface area (Å²) < 4.78 is 1.64. The Morgan fingerprint density at radius 3 is 2.71 bits per heavy atom. The lowest BCUT2D eigenvalue weighted by Crippen LogP contribution is -2.49. The van der Waals surface area contributed by atoms with Crippen LogP contribution in [0.15, 0.2) is 6.07 Å². The van der Waals surface area contributed by atoms with Crippen molar-refractivity contribution in [2.75, 3.05) is 6.54 Å². The summed E-state index contributed by atoms with van der Waals surface area (Å²) in [6.45, 7) is 6.31. The van der Waals surface area contributed by atoms with E-state index in [0.717, 1.165) is 11.4 Å². The second-order valence-corrected chi connectivity index (χ2v) is 4.12. The van der Waals surface area contributed by atoms with Gasteiger partial charge < -0.3 is 5.73 Å². The zero-order valence-electron chi connectivity index (χ0n) is 10.2. The Balaban J connectivity index is 2.61. The number of nitrogens with two attached hydrogens (primary N) is 1. The molecule has 0 fully saturated rings. The number of hydrogen-bond donors (Lipinski definition) is 2. The fourth-order valence-corrected chi connectivity index (χ4v) is 1.62. The molecule has 0 saturated heterocycles. The van der Waals surface area contributed by atoms with E-state index in [9.17, 15) is 4.79 Å². The molecule has 0 spiro atoms. The predicted octanol–water partition coefficient (Wildman–Crippen LogP) is 0.0966. The van der Waals surface area contributed by atoms with E-state index in [1.807, 2.05) is 26.8 Å². The zero-order valence-corrected chi connectivity index (χ0v) is 11.0. The van der Waals surface area contributed by atoms with Crippen LogP contribution in [0.3, 0.4) is 0 Å². The zero-order chi connectivity index (χ0) is 13.0. The van der Waals surface area contributed by atoms with Crippen LogP contribution in [0.4, 0.5) is 0 Å². The Bertz CT molecular complexity index is 428. The van der Waals surface area contributed by atoms with Crippen LogP contribution in [0.2, 0.25) is 0 Å². The third-order valence-electron chi connectivity index (χ3n) is 2.24. The fourth-order valence-electron chi connectivity index (χ4n) is 1.45. The number of aryl methyl sites for hydroxylation is 2. The largest absolute Gasteiger partial charge is 0.375 e. The molecule has 0 saturated carbocycles. The third-order valence-corrected chi connectivity index (χ3v) is 2.46. The number of nitrogens with one attached hydrogen (secondary N) is 1. The molecule has 0 bridgehead atoms. The first-order valence-corrected chi connectivity index (χ1v) is 5.72. The SMILES string of the molecule is CCN(NC(=O)Cn1nc(C)cc1C)C(N)=S. The number of hydrogen-bond acceptors (Lipinski definition) is 3. The average molecular weight is 255 g/mol. The van der Waals surface area contributed by atoms with Crippen LogP contribution in [0.5, 0.6) is 0 Å². The van der Waals surface area contributed by atoms with E-state index in [0.29, 0.717) is 6.54 Å². The molecule has 1 aromatic heterocycles. The molecule has 0 atom stereocenters. The van der Waals surface area contributed by atoms with Crippen LogP contribution in [0, 0.1) is 13.8 Å². The minimum Gasteiger partial charge on any atom is -0.375 e. The number of carbonyl (C=O) groups excluding carboxylic acids is 1. The second-order valence-electron chi connectivity index (χ2n) is 3.70. The van der Waals surface area contributed by atoms with Crippen molar-refractivity contribution in [1.29, 1.82) is 0 Å². The number of carbonyl (C=O) groups is 1. The number of rotatable bonds is 3. The van der Waals surface area contributed by atoms with Crippen molar-refractivity contribution in [2.24, 2.45) is 5.73 Å². The van der Waals surface area contributed by atoms with Crippen molar-refractivity contribution in [3.8, 4) is 0 Å². The molecule has 1 amide bonds. The van der Waals surface area contributed by atoms with Crippen LogP contribution in [0.1, 0.15) is 18.3 Å². The molecular weight excluding hydrogens is 238 g/mol. The molecule has 94 valence electrons. The molecule has 0 radical (unpaired) electrons. The Kier molecular flexibility index (Phi) is 4.45. The van der Waals surface area contributed by atoms with Gasteiger partial charge in [0.05, 0.1) is 5.69 Å². The van der Waals surface area contributed by atoms with Gasteiger partial charge >= 0.3 is 0 Å². The molecule has 0 aliphatic carbocycles. The summed E-state index contributed by atoms with van der Waals surface area (Å²) in [7, 11) is 0. The molecule has 17 heavy (non-hydrogen) atoms. The molecule has 0 unspecified atom stereocenters. The summed E-state index contributed by atoms with van der Waals surface area (Å²) in [6.07, 6.45) is 0. The maximum atomic E-state index is 11.7. The van der Waals surface area contributed by atoms with Crippen molar-refractivity contribution >= 4 is 23.2 Å². The van der Waals surface area contributed by atoms with Gasteiger partial charge in [0.15, 0.2) is 5.11 Å². The number of aromatic nitrogens is 2. The molecule has 1 aromatic rings. The number of hydrazine groups is 1. The highest BCUT2D eigenvalue weighted by atomic mass is 32.1. The topological polar surface area (TPSA) is 76.2 Å². The molecule has 7 heteroatoms. The summed E-state index contributed by atoms with van der Waals surface area (Å²) in [4.78, 5) is 11.7. The summed E-state index contributed by atoms with van der Waals surface area (Å²) >= 11 is 4.80. The van der Waals surface area contributed by atoms with Crippen LogP contribution in [-0.2, 0) is 11.3 Å². The van der Waals surface area contributed by atoms with Crippen molar-refractivity contribution in [3.05, 3.63) is 17.5 Å². The number of thiocarbonyl (C=S) groups is 1. The number of nitrogens with zero attached hydrogens (tertiary/aromatic N) is 3. The normalized spacial score (nSPS) is 10.1. The van der Waals surface area contributed by atoms with Gasteiger partial charge in [0.1, 0.15) is 6.54 Å². The van der Waals surface area contributed by atoms with E-state index < -0.39 is 0 Å². The highest BCUT2D eigenvalue weighted by Gasteiger charge is 2.10. The number of amides is 1. The molecule has 1 rings (SSSR count). The smallest absolute Gasteiger partial charge is 0.260 e. The van der Waals surface area contributed by atoms with Gasteiger partial charge in [-0.05, 0) is 39.1 Å². The third kappa shape index (κ3) is 3.70. The molecule has 3 N–H and O–H groups in total. The lowest BCUT2D eigenvalue weighted by molar-refractivity contribution is -0.125. The highest BCUT2D eigenvalue weighted by molar-refractivity contribution is 7.80. The van der Waals surface area contributed by atoms with Crippen molar-refractivity contribution in [1.82, 2.24) is 20.2 Å². The lowest BCUT2D eigenvalue weighted by atomic mass is 10.4. The minimum absolute atomic E-state index is 0.147. The van der Waals surface area contributed by atoms with E-state index in [4.69, 9.17) is 18.0 Å². The lowest BCUT2D eigenvalue weighted by Gasteiger charge is -2.21. The van der Waals surface area contributed by atoms with Gasteiger partial charge in [-0.25, -0.2) is 0 Å². The van der Waals surface area contributed by atoms with E-state index >= 15 is 0 Å². The van der Waals surface area contributed by atoms with E-state index in [1.165, 1.54) is 5.01 Å². The first-order valence-electron chi connectivity index (χ1n) is 5.31. The van der Waals surface area contributed by atoms with E-state index in [2.05, 4.69) is 10.5 Å². The molecule has 0 aromatic carbocycles. The van der Waals surface area contributed by atoms with Gasteiger partial charge in [-0.15, -0.1) is 0 Å². The maximum absolute atomic E-state index is 11.7. The summed E-state index contributed by atoms with van der Waals surface area (Å²) in [5.74, 6) is -0.203. The molecule has 0 aliphatic heterocycles. The van der Waals surface area contributed by atoms with Crippen LogP contribution in [-0.4, -0.2) is 32.4 Å². The summed E-state index contributed by atoms with van der Waals surface area (Å²) in [6, 6.07) is 1.92. The average Bonchev–Trinajstić information content (AvgIpc) is 2.53. The van der Waals surface area contributed by atoms with Gasteiger partial charge in [0.2, 0.25) is 0 Å². The van der Waals surface area contributed by atoms with E-state index in [1.54, 1.807) is 4.68 Å². The summed E-state index contributed by atoms with van der Waals surface area (Å²) in [5, 5.41) is 5.77. The monoisotopic (exact) mass is 255 g/mol. The van der Waals surface area contributed by atoms with Gasteiger partial charge in [-0.2, -0.15) is 5.10 Å². The molecule has 6 nitrogen and oxygen atoms in total. The van der Waals surface area contributed by atoms with Crippen molar-refractivity contribution in [2.45, 2.75) is 27.3 Å². The quantitative estimate of drug-likeness (QED) is 0.591. The van der Waals surface area contributed by atoms with Gasteiger partial charge in [-0.1, -0.05) is 0 Å². The van der Waals surface area contributed by atoms with E-state index in [-0.39, 0.29) is 17.6 Å². The summed E-state index contributed by atoms with van der Waals surface area (Å²) in [5.41, 5.74) is 9.89. The Morgan fingerprint density at radius 2 is 2.29 bits per heavy atom. The van der Waals surface area contributed by atoms with Crippen molar-refractivity contribution < 1.29 is 4.79 Å². The first kappa shape index (κ1) is 13.4. The predicted molar refractivity (Wildman–Crippen MR) is 69.0 cm³/mol. The molecule has 1 heterocycles. The van der Waals surface area contributed by atoms with Crippen LogP contribution < -0.4 is 11.2 Å². The van der Waals surface area contributed by atoms with Gasteiger partial charge in [0, 0.05) is 12.2 Å². The molecule has 0 aliphatic rings. The van der Waals surface area contributed by atoms with Crippen molar-refractivity contribution in [3.63, 3.8) is 0 Å².